The van der Waals surface area contributed by atoms with Crippen molar-refractivity contribution in [2.24, 2.45) is 0 Å². The van der Waals surface area contributed by atoms with E-state index in [1.807, 2.05) is 37.3 Å². The summed E-state index contributed by atoms with van der Waals surface area (Å²) < 4.78 is 5.44. The fraction of sp³-hybridized carbons (Fsp3) is 0.154. The van der Waals surface area contributed by atoms with E-state index in [0.717, 1.165) is 17.0 Å². The Morgan fingerprint density at radius 3 is 2.88 bits per heavy atom. The molecule has 0 fully saturated rings. The minimum absolute atomic E-state index is 0.659. The van der Waals surface area contributed by atoms with Crippen molar-refractivity contribution in [2.45, 2.75) is 6.92 Å². The van der Waals surface area contributed by atoms with Crippen LogP contribution in [0.1, 0.15) is 6.92 Å². The van der Waals surface area contributed by atoms with Gasteiger partial charge in [-0.15, -0.1) is 0 Å². The van der Waals surface area contributed by atoms with Gasteiger partial charge < -0.3 is 4.74 Å². The molecule has 2 aromatic rings. The topological polar surface area (TPSA) is 22.1 Å². The van der Waals surface area contributed by atoms with E-state index in [9.17, 15) is 0 Å². The van der Waals surface area contributed by atoms with Crippen molar-refractivity contribution >= 4 is 11.6 Å². The van der Waals surface area contributed by atoms with Crippen molar-refractivity contribution in [3.63, 3.8) is 0 Å². The zero-order chi connectivity index (χ0) is 11.4. The Labute approximate surface area is 99.9 Å². The molecule has 16 heavy (non-hydrogen) atoms. The van der Waals surface area contributed by atoms with Crippen LogP contribution in [0.2, 0.25) is 5.02 Å². The van der Waals surface area contributed by atoms with Crippen molar-refractivity contribution in [1.82, 2.24) is 4.98 Å². The number of rotatable bonds is 3. The lowest BCUT2D eigenvalue weighted by Gasteiger charge is -2.05. The van der Waals surface area contributed by atoms with Gasteiger partial charge in [-0.1, -0.05) is 23.7 Å². The van der Waals surface area contributed by atoms with Gasteiger partial charge >= 0.3 is 0 Å². The molecule has 1 heterocycles. The highest BCUT2D eigenvalue weighted by molar-refractivity contribution is 6.30. The van der Waals surface area contributed by atoms with Gasteiger partial charge in [0.2, 0.25) is 0 Å². The van der Waals surface area contributed by atoms with Gasteiger partial charge in [-0.3, -0.25) is 4.98 Å². The second-order valence-corrected chi connectivity index (χ2v) is 3.76. The number of ether oxygens (including phenoxy) is 1. The number of aromatic nitrogens is 1. The van der Waals surface area contributed by atoms with E-state index in [0.29, 0.717) is 11.6 Å². The lowest BCUT2D eigenvalue weighted by molar-refractivity contribution is 0.340. The number of halogens is 1. The van der Waals surface area contributed by atoms with Gasteiger partial charge in [0.05, 0.1) is 12.3 Å². The fourth-order valence-electron chi connectivity index (χ4n) is 1.47. The summed E-state index contributed by atoms with van der Waals surface area (Å²) in [6.45, 7) is 2.62. The Bertz CT molecular complexity index is 485. The summed E-state index contributed by atoms with van der Waals surface area (Å²) in [5, 5.41) is 0.687. The summed E-state index contributed by atoms with van der Waals surface area (Å²) in [5.74, 6) is 0.849. The molecule has 0 saturated carbocycles. The molecule has 0 bridgehead atoms. The maximum Gasteiger partial charge on any atom is 0.119 e. The van der Waals surface area contributed by atoms with Gasteiger partial charge in [-0.25, -0.2) is 0 Å². The summed E-state index contributed by atoms with van der Waals surface area (Å²) >= 11 is 5.92. The van der Waals surface area contributed by atoms with Crippen LogP contribution in [0.15, 0.2) is 42.6 Å². The Kier molecular flexibility index (Phi) is 3.42. The Hall–Kier alpha value is -1.54. The molecule has 2 rings (SSSR count). The number of hydrogen-bond donors (Lipinski definition) is 0. The average Bonchev–Trinajstić information content (AvgIpc) is 2.30. The molecule has 0 N–H and O–H groups in total. The summed E-state index contributed by atoms with van der Waals surface area (Å²) in [5.41, 5.74) is 1.86. The van der Waals surface area contributed by atoms with Crippen LogP contribution in [-0.4, -0.2) is 11.6 Å². The molecule has 3 heteroatoms. The van der Waals surface area contributed by atoms with E-state index in [4.69, 9.17) is 16.3 Å². The second-order valence-electron chi connectivity index (χ2n) is 3.32. The zero-order valence-corrected chi connectivity index (χ0v) is 9.74. The quantitative estimate of drug-likeness (QED) is 0.805. The van der Waals surface area contributed by atoms with Gasteiger partial charge in [0.25, 0.3) is 0 Å². The molecule has 0 aliphatic carbocycles. The third kappa shape index (κ3) is 2.52. The van der Waals surface area contributed by atoms with Crippen molar-refractivity contribution in [3.05, 3.63) is 47.6 Å². The standard InChI is InChI=1S/C13H12ClNO/c1-2-16-12-5-3-4-10(8-12)13-9-11(14)6-7-15-13/h3-9H,2H2,1H3. The highest BCUT2D eigenvalue weighted by Crippen LogP contribution is 2.23. The molecule has 0 atom stereocenters. The van der Waals surface area contributed by atoms with Crippen LogP contribution in [-0.2, 0) is 0 Å². The summed E-state index contributed by atoms with van der Waals surface area (Å²) in [6, 6.07) is 11.4. The second kappa shape index (κ2) is 4.99. The molecule has 0 aliphatic heterocycles. The third-order valence-electron chi connectivity index (χ3n) is 2.16. The van der Waals surface area contributed by atoms with E-state index >= 15 is 0 Å². The molecular weight excluding hydrogens is 222 g/mol. The highest BCUT2D eigenvalue weighted by atomic mass is 35.5. The first kappa shape index (κ1) is 11.0. The Morgan fingerprint density at radius 2 is 2.12 bits per heavy atom. The fourth-order valence-corrected chi connectivity index (χ4v) is 1.63. The smallest absolute Gasteiger partial charge is 0.119 e. The van der Waals surface area contributed by atoms with Crippen molar-refractivity contribution in [1.29, 1.82) is 0 Å². The molecule has 0 aliphatic rings. The molecule has 2 nitrogen and oxygen atoms in total. The van der Waals surface area contributed by atoms with Crippen molar-refractivity contribution < 1.29 is 4.74 Å². The predicted octanol–water partition coefficient (Wildman–Crippen LogP) is 3.80. The van der Waals surface area contributed by atoms with Gasteiger partial charge in [0, 0.05) is 16.8 Å². The maximum atomic E-state index is 5.92. The first-order valence-corrected chi connectivity index (χ1v) is 5.52. The first-order valence-electron chi connectivity index (χ1n) is 5.14. The SMILES string of the molecule is CCOc1cccc(-c2cc(Cl)ccn2)c1. The Morgan fingerprint density at radius 1 is 1.25 bits per heavy atom. The van der Waals surface area contributed by atoms with Crippen LogP contribution in [0.4, 0.5) is 0 Å². The molecule has 1 aromatic heterocycles. The van der Waals surface area contributed by atoms with Crippen LogP contribution < -0.4 is 4.74 Å². The predicted molar refractivity (Wildman–Crippen MR) is 65.9 cm³/mol. The largest absolute Gasteiger partial charge is 0.494 e. The highest BCUT2D eigenvalue weighted by Gasteiger charge is 2.01. The van der Waals surface area contributed by atoms with Gasteiger partial charge in [-0.2, -0.15) is 0 Å². The number of benzene rings is 1. The number of hydrogen-bond acceptors (Lipinski definition) is 2. The van der Waals surface area contributed by atoms with E-state index in [1.165, 1.54) is 0 Å². The molecule has 1 aromatic carbocycles. The number of pyridine rings is 1. The van der Waals surface area contributed by atoms with Crippen molar-refractivity contribution in [3.8, 4) is 17.0 Å². The van der Waals surface area contributed by atoms with E-state index in [-0.39, 0.29) is 0 Å². The molecule has 0 saturated heterocycles. The monoisotopic (exact) mass is 233 g/mol. The van der Waals surface area contributed by atoms with Gasteiger partial charge in [-0.05, 0) is 31.2 Å². The molecule has 0 radical (unpaired) electrons. The van der Waals surface area contributed by atoms with E-state index in [1.54, 1.807) is 12.3 Å². The van der Waals surface area contributed by atoms with Gasteiger partial charge in [0.15, 0.2) is 0 Å². The van der Waals surface area contributed by atoms with Gasteiger partial charge in [0.1, 0.15) is 5.75 Å². The maximum absolute atomic E-state index is 5.92. The summed E-state index contributed by atoms with van der Waals surface area (Å²) in [6.07, 6.45) is 1.70. The normalized spacial score (nSPS) is 10.1. The Balaban J connectivity index is 2.36. The number of nitrogens with zero attached hydrogens (tertiary/aromatic N) is 1. The average molecular weight is 234 g/mol. The van der Waals surface area contributed by atoms with Crippen LogP contribution in [0.3, 0.4) is 0 Å². The lowest BCUT2D eigenvalue weighted by atomic mass is 10.1. The minimum atomic E-state index is 0.659. The molecular formula is C13H12ClNO. The summed E-state index contributed by atoms with van der Waals surface area (Å²) in [4.78, 5) is 4.27. The molecule has 82 valence electrons. The van der Waals surface area contributed by atoms with E-state index < -0.39 is 0 Å². The minimum Gasteiger partial charge on any atom is -0.494 e. The van der Waals surface area contributed by atoms with Crippen LogP contribution in [0.25, 0.3) is 11.3 Å². The van der Waals surface area contributed by atoms with Crippen LogP contribution >= 0.6 is 11.6 Å². The third-order valence-corrected chi connectivity index (χ3v) is 2.40. The first-order chi connectivity index (χ1) is 7.79. The van der Waals surface area contributed by atoms with E-state index in [2.05, 4.69) is 4.98 Å². The molecule has 0 spiro atoms. The zero-order valence-electron chi connectivity index (χ0n) is 8.98. The van der Waals surface area contributed by atoms with Crippen molar-refractivity contribution in [2.75, 3.05) is 6.61 Å². The molecule has 0 amide bonds. The van der Waals surface area contributed by atoms with Crippen LogP contribution in [0, 0.1) is 0 Å². The van der Waals surface area contributed by atoms with Crippen LogP contribution in [0.5, 0.6) is 5.75 Å². The molecule has 0 unspecified atom stereocenters. The summed E-state index contributed by atoms with van der Waals surface area (Å²) in [7, 11) is 0. The lowest BCUT2D eigenvalue weighted by Crippen LogP contribution is -1.91.